The lowest BCUT2D eigenvalue weighted by Crippen LogP contribution is -2.30. The van der Waals surface area contributed by atoms with E-state index in [1.807, 2.05) is 26.8 Å². The van der Waals surface area contributed by atoms with E-state index in [9.17, 15) is 13.2 Å². The molecule has 6 nitrogen and oxygen atoms in total. The average Bonchev–Trinajstić information content (AvgIpc) is 2.57. The van der Waals surface area contributed by atoms with Gasteiger partial charge in [-0.15, -0.1) is 0 Å². The van der Waals surface area contributed by atoms with Crippen LogP contribution in [0, 0.1) is 20.8 Å². The summed E-state index contributed by atoms with van der Waals surface area (Å²) in [5.41, 5.74) is 4.14. The predicted octanol–water partition coefficient (Wildman–Crippen LogP) is 3.41. The van der Waals surface area contributed by atoms with Crippen molar-refractivity contribution in [2.24, 2.45) is 0 Å². The van der Waals surface area contributed by atoms with Crippen molar-refractivity contribution in [3.63, 3.8) is 0 Å². The lowest BCUT2D eigenvalue weighted by atomic mass is 10.1. The minimum atomic E-state index is -3.38. The summed E-state index contributed by atoms with van der Waals surface area (Å²) in [7, 11) is -1.91. The summed E-state index contributed by atoms with van der Waals surface area (Å²) in [5.74, 6) is 0.369. The molecule has 0 spiro atoms. The van der Waals surface area contributed by atoms with Crippen LogP contribution in [0.4, 0.5) is 11.4 Å². The highest BCUT2D eigenvalue weighted by atomic mass is 32.2. The van der Waals surface area contributed by atoms with Gasteiger partial charge in [0.2, 0.25) is 10.0 Å². The molecular formula is C20H26N2O4S. The Balaban J connectivity index is 2.13. The molecule has 0 fully saturated rings. The van der Waals surface area contributed by atoms with E-state index in [2.05, 4.69) is 11.4 Å². The van der Waals surface area contributed by atoms with Gasteiger partial charge in [0.05, 0.1) is 11.9 Å². The molecule has 1 N–H and O–H groups in total. The molecule has 0 aliphatic heterocycles. The largest absolute Gasteiger partial charge is 0.481 e. The second-order valence-electron chi connectivity index (χ2n) is 6.74. The monoisotopic (exact) mass is 390 g/mol. The third-order valence-electron chi connectivity index (χ3n) is 4.41. The van der Waals surface area contributed by atoms with E-state index in [1.165, 1.54) is 7.05 Å². The van der Waals surface area contributed by atoms with Gasteiger partial charge in [-0.05, 0) is 68.7 Å². The number of amides is 1. The van der Waals surface area contributed by atoms with Gasteiger partial charge in [-0.1, -0.05) is 12.1 Å². The van der Waals surface area contributed by atoms with Gasteiger partial charge in [-0.2, -0.15) is 0 Å². The maximum Gasteiger partial charge on any atom is 0.265 e. The Labute approximate surface area is 161 Å². The zero-order chi connectivity index (χ0) is 20.4. The maximum atomic E-state index is 12.5. The quantitative estimate of drug-likeness (QED) is 0.820. The highest BCUT2D eigenvalue weighted by Crippen LogP contribution is 2.25. The van der Waals surface area contributed by atoms with Gasteiger partial charge >= 0.3 is 0 Å². The van der Waals surface area contributed by atoms with Gasteiger partial charge in [0.1, 0.15) is 5.75 Å². The maximum absolute atomic E-state index is 12.5. The van der Waals surface area contributed by atoms with Crippen LogP contribution in [-0.2, 0) is 14.8 Å². The standard InChI is InChI=1S/C20H26N2O4S/c1-13-10-14(2)15(3)19(11-13)26-16(4)20(23)21-17-8-7-9-18(12-17)22(5)27(6,24)25/h7-12,16H,1-6H3,(H,21,23)/t16-/m1/s1. The lowest BCUT2D eigenvalue weighted by molar-refractivity contribution is -0.122. The fraction of sp³-hybridized carbons (Fsp3) is 0.350. The number of carbonyl (C=O) groups excluding carboxylic acids is 1. The van der Waals surface area contributed by atoms with E-state index in [4.69, 9.17) is 4.74 Å². The number of aryl methyl sites for hydroxylation is 2. The van der Waals surface area contributed by atoms with Gasteiger partial charge < -0.3 is 10.1 Å². The van der Waals surface area contributed by atoms with Crippen LogP contribution in [0.2, 0.25) is 0 Å². The first kappa shape index (κ1) is 20.8. The molecule has 0 aromatic heterocycles. The summed E-state index contributed by atoms with van der Waals surface area (Å²) in [5, 5.41) is 2.77. The molecule has 2 rings (SSSR count). The van der Waals surface area contributed by atoms with Crippen molar-refractivity contribution < 1.29 is 17.9 Å². The number of hydrogen-bond donors (Lipinski definition) is 1. The topological polar surface area (TPSA) is 75.7 Å². The summed E-state index contributed by atoms with van der Waals surface area (Å²) in [6.45, 7) is 7.62. The molecular weight excluding hydrogens is 364 g/mol. The summed E-state index contributed by atoms with van der Waals surface area (Å²) in [6, 6.07) is 10.6. The Morgan fingerprint density at radius 1 is 1.15 bits per heavy atom. The second kappa shape index (κ2) is 8.00. The van der Waals surface area contributed by atoms with E-state index in [0.717, 1.165) is 27.3 Å². The SMILES string of the molecule is Cc1cc(C)c(C)c(O[C@H](C)C(=O)Nc2cccc(N(C)S(C)(=O)=O)c2)c1. The van der Waals surface area contributed by atoms with Crippen molar-refractivity contribution in [1.82, 2.24) is 0 Å². The Morgan fingerprint density at radius 2 is 1.81 bits per heavy atom. The van der Waals surface area contributed by atoms with Crippen LogP contribution in [0.3, 0.4) is 0 Å². The van der Waals surface area contributed by atoms with Crippen LogP contribution < -0.4 is 14.4 Å². The molecule has 0 radical (unpaired) electrons. The van der Waals surface area contributed by atoms with Crippen molar-refractivity contribution in [2.45, 2.75) is 33.8 Å². The van der Waals surface area contributed by atoms with E-state index in [0.29, 0.717) is 17.1 Å². The number of carbonyl (C=O) groups is 1. The normalized spacial score (nSPS) is 12.4. The predicted molar refractivity (Wildman–Crippen MR) is 109 cm³/mol. The van der Waals surface area contributed by atoms with Gasteiger partial charge in [-0.3, -0.25) is 9.10 Å². The van der Waals surface area contributed by atoms with E-state index >= 15 is 0 Å². The molecule has 1 atom stereocenters. The summed E-state index contributed by atoms with van der Waals surface area (Å²) in [6.07, 6.45) is 0.418. The van der Waals surface area contributed by atoms with Crippen LogP contribution >= 0.6 is 0 Å². The lowest BCUT2D eigenvalue weighted by Gasteiger charge is -2.19. The molecule has 0 saturated carbocycles. The average molecular weight is 391 g/mol. The molecule has 0 aliphatic rings. The van der Waals surface area contributed by atoms with Crippen LogP contribution in [-0.4, -0.2) is 33.7 Å². The number of sulfonamides is 1. The summed E-state index contributed by atoms with van der Waals surface area (Å²) < 4.78 is 30.4. The number of ether oxygens (including phenoxy) is 1. The van der Waals surface area contributed by atoms with Gasteiger partial charge in [0.25, 0.3) is 5.91 Å². The zero-order valence-electron chi connectivity index (χ0n) is 16.5. The molecule has 1 amide bonds. The first-order valence-electron chi connectivity index (χ1n) is 8.58. The smallest absolute Gasteiger partial charge is 0.265 e. The number of hydrogen-bond acceptors (Lipinski definition) is 4. The molecule has 0 heterocycles. The number of rotatable bonds is 6. The summed E-state index contributed by atoms with van der Waals surface area (Å²) >= 11 is 0. The molecule has 2 aromatic rings. The van der Waals surface area contributed by atoms with Gasteiger partial charge in [-0.25, -0.2) is 8.42 Å². The van der Waals surface area contributed by atoms with Crippen LogP contribution in [0.1, 0.15) is 23.6 Å². The van der Waals surface area contributed by atoms with Crippen molar-refractivity contribution in [3.8, 4) is 5.75 Å². The van der Waals surface area contributed by atoms with Crippen LogP contribution in [0.15, 0.2) is 36.4 Å². The number of benzene rings is 2. The molecule has 146 valence electrons. The van der Waals surface area contributed by atoms with E-state index in [1.54, 1.807) is 31.2 Å². The van der Waals surface area contributed by atoms with Crippen LogP contribution in [0.25, 0.3) is 0 Å². The van der Waals surface area contributed by atoms with Gasteiger partial charge in [0, 0.05) is 12.7 Å². The number of anilines is 2. The number of nitrogens with zero attached hydrogens (tertiary/aromatic N) is 1. The minimum absolute atomic E-state index is 0.312. The first-order chi connectivity index (χ1) is 12.5. The number of nitrogens with one attached hydrogen (secondary N) is 1. The van der Waals surface area contributed by atoms with Crippen molar-refractivity contribution in [1.29, 1.82) is 0 Å². The highest BCUT2D eigenvalue weighted by molar-refractivity contribution is 7.92. The van der Waals surface area contributed by atoms with Crippen molar-refractivity contribution in [2.75, 3.05) is 22.9 Å². The molecule has 27 heavy (non-hydrogen) atoms. The Hall–Kier alpha value is -2.54. The molecule has 0 bridgehead atoms. The van der Waals surface area contributed by atoms with Gasteiger partial charge in [0.15, 0.2) is 6.10 Å². The molecule has 7 heteroatoms. The van der Waals surface area contributed by atoms with E-state index in [-0.39, 0.29) is 5.91 Å². The Morgan fingerprint density at radius 3 is 2.44 bits per heavy atom. The minimum Gasteiger partial charge on any atom is -0.481 e. The first-order valence-corrected chi connectivity index (χ1v) is 10.4. The molecule has 0 saturated heterocycles. The fourth-order valence-electron chi connectivity index (χ4n) is 2.58. The Bertz CT molecular complexity index is 954. The third-order valence-corrected chi connectivity index (χ3v) is 5.62. The third kappa shape index (κ3) is 5.23. The second-order valence-corrected chi connectivity index (χ2v) is 8.75. The molecule has 0 aliphatic carbocycles. The summed E-state index contributed by atoms with van der Waals surface area (Å²) in [4.78, 5) is 12.5. The van der Waals surface area contributed by atoms with Crippen molar-refractivity contribution in [3.05, 3.63) is 53.1 Å². The van der Waals surface area contributed by atoms with Crippen molar-refractivity contribution >= 4 is 27.3 Å². The van der Waals surface area contributed by atoms with Crippen LogP contribution in [0.5, 0.6) is 5.75 Å². The van der Waals surface area contributed by atoms with E-state index < -0.39 is 16.1 Å². The fourth-order valence-corrected chi connectivity index (χ4v) is 3.08. The Kier molecular flexibility index (Phi) is 6.15. The zero-order valence-corrected chi connectivity index (χ0v) is 17.3. The highest BCUT2D eigenvalue weighted by Gasteiger charge is 2.18. The molecule has 2 aromatic carbocycles. The molecule has 0 unspecified atom stereocenters.